The number of ether oxygens (including phenoxy) is 1. The van der Waals surface area contributed by atoms with E-state index in [-0.39, 0.29) is 18.0 Å². The first-order valence-corrected chi connectivity index (χ1v) is 10.9. The smallest absolute Gasteiger partial charge is 0.242 e. The van der Waals surface area contributed by atoms with Crippen LogP contribution in [0.5, 0.6) is 0 Å². The highest BCUT2D eigenvalue weighted by Gasteiger charge is 2.31. The number of thiophene rings is 1. The van der Waals surface area contributed by atoms with E-state index in [1.54, 1.807) is 6.20 Å². The first kappa shape index (κ1) is 19.5. The van der Waals surface area contributed by atoms with Crippen LogP contribution in [0.2, 0.25) is 0 Å². The van der Waals surface area contributed by atoms with Crippen molar-refractivity contribution in [1.82, 2.24) is 20.1 Å². The summed E-state index contributed by atoms with van der Waals surface area (Å²) >= 11 is 1.81. The minimum Gasteiger partial charge on any atom is -0.379 e. The molecule has 1 amide bonds. The Kier molecular flexibility index (Phi) is 6.69. The lowest BCUT2D eigenvalue weighted by atomic mass is 10.0. The molecule has 150 valence electrons. The van der Waals surface area contributed by atoms with Gasteiger partial charge in [-0.25, -0.2) is 0 Å². The number of morpholine rings is 1. The average molecular weight is 401 g/mol. The molecule has 0 saturated carbocycles. The maximum Gasteiger partial charge on any atom is 0.242 e. The molecule has 1 unspecified atom stereocenters. The van der Waals surface area contributed by atoms with Crippen LogP contribution in [0.1, 0.15) is 29.3 Å². The van der Waals surface area contributed by atoms with E-state index in [1.807, 2.05) is 29.7 Å². The fourth-order valence-electron chi connectivity index (χ4n) is 4.04. The Bertz CT molecular complexity index is 726. The quantitative estimate of drug-likeness (QED) is 0.806. The van der Waals surface area contributed by atoms with Gasteiger partial charge in [0.25, 0.3) is 0 Å². The number of carbonyl (C=O) groups is 1. The minimum atomic E-state index is -0.290. The molecular formula is C21H28N4O2S. The van der Waals surface area contributed by atoms with Gasteiger partial charge in [0.05, 0.1) is 13.2 Å². The standard InChI is InChI=1S/C21H28N4O2S/c26-21(20(17-3-1-7-22-15-17)25-10-12-27-13-11-25)23-18-5-8-24(9-6-18)16-19-4-2-14-28-19/h1-4,7,14-15,18,20H,5-6,8-13,16H2,(H,23,26). The Morgan fingerprint density at radius 3 is 2.71 bits per heavy atom. The summed E-state index contributed by atoms with van der Waals surface area (Å²) in [4.78, 5) is 23.5. The molecule has 2 aliphatic heterocycles. The number of likely N-dealkylation sites (tertiary alicyclic amines) is 1. The zero-order chi connectivity index (χ0) is 19.2. The first-order chi connectivity index (χ1) is 13.8. The number of aromatic nitrogens is 1. The highest BCUT2D eigenvalue weighted by molar-refractivity contribution is 7.09. The lowest BCUT2D eigenvalue weighted by Gasteiger charge is -2.36. The number of nitrogens with one attached hydrogen (secondary N) is 1. The molecule has 2 aliphatic rings. The summed E-state index contributed by atoms with van der Waals surface area (Å²) in [7, 11) is 0. The zero-order valence-electron chi connectivity index (χ0n) is 16.1. The molecule has 1 N–H and O–H groups in total. The SMILES string of the molecule is O=C(NC1CCN(Cc2cccs2)CC1)C(c1cccnc1)N1CCOCC1. The van der Waals surface area contributed by atoms with Crippen LogP contribution in [0.4, 0.5) is 0 Å². The molecule has 0 radical (unpaired) electrons. The van der Waals surface area contributed by atoms with Gasteiger partial charge in [0.2, 0.25) is 5.91 Å². The van der Waals surface area contributed by atoms with Crippen LogP contribution in [0.15, 0.2) is 42.0 Å². The second-order valence-corrected chi connectivity index (χ2v) is 8.51. The van der Waals surface area contributed by atoms with Gasteiger partial charge in [0, 0.05) is 56.0 Å². The molecule has 6 nitrogen and oxygen atoms in total. The highest BCUT2D eigenvalue weighted by atomic mass is 32.1. The number of pyridine rings is 1. The maximum atomic E-state index is 13.2. The van der Waals surface area contributed by atoms with Crippen LogP contribution in [-0.2, 0) is 16.1 Å². The van der Waals surface area contributed by atoms with E-state index in [0.29, 0.717) is 13.2 Å². The Hall–Kier alpha value is -1.80. The van der Waals surface area contributed by atoms with Gasteiger partial charge in [-0.2, -0.15) is 0 Å². The normalized spacial score (nSPS) is 20.7. The molecule has 4 rings (SSSR count). The molecule has 0 bridgehead atoms. The van der Waals surface area contributed by atoms with Gasteiger partial charge in [0.1, 0.15) is 6.04 Å². The van der Waals surface area contributed by atoms with Crippen molar-refractivity contribution in [2.24, 2.45) is 0 Å². The summed E-state index contributed by atoms with van der Waals surface area (Å²) in [6.07, 6.45) is 5.56. The third kappa shape index (κ3) is 4.97. The van der Waals surface area contributed by atoms with Crippen molar-refractivity contribution in [1.29, 1.82) is 0 Å². The fraction of sp³-hybridized carbons (Fsp3) is 0.524. The third-order valence-corrected chi connectivity index (χ3v) is 6.41. The highest BCUT2D eigenvalue weighted by Crippen LogP contribution is 2.23. The Labute approximate surface area is 170 Å². The van der Waals surface area contributed by atoms with Crippen molar-refractivity contribution in [3.05, 3.63) is 52.5 Å². The fourth-order valence-corrected chi connectivity index (χ4v) is 4.79. The zero-order valence-corrected chi connectivity index (χ0v) is 16.9. The minimum absolute atomic E-state index is 0.0895. The number of piperidine rings is 1. The topological polar surface area (TPSA) is 57.7 Å². The number of hydrogen-bond acceptors (Lipinski definition) is 6. The lowest BCUT2D eigenvalue weighted by molar-refractivity contribution is -0.129. The number of amides is 1. The van der Waals surface area contributed by atoms with E-state index in [1.165, 1.54) is 4.88 Å². The molecule has 2 aromatic heterocycles. The van der Waals surface area contributed by atoms with Gasteiger partial charge in [0.15, 0.2) is 0 Å². The van der Waals surface area contributed by atoms with Crippen molar-refractivity contribution in [3.63, 3.8) is 0 Å². The molecule has 28 heavy (non-hydrogen) atoms. The van der Waals surface area contributed by atoms with Gasteiger partial charge >= 0.3 is 0 Å². The van der Waals surface area contributed by atoms with Crippen molar-refractivity contribution in [3.8, 4) is 0 Å². The Morgan fingerprint density at radius 1 is 1.21 bits per heavy atom. The van der Waals surface area contributed by atoms with E-state index < -0.39 is 0 Å². The van der Waals surface area contributed by atoms with Crippen molar-refractivity contribution in [2.45, 2.75) is 31.5 Å². The lowest BCUT2D eigenvalue weighted by Crippen LogP contribution is -2.50. The molecular weight excluding hydrogens is 372 g/mol. The van der Waals surface area contributed by atoms with Crippen molar-refractivity contribution >= 4 is 17.2 Å². The summed E-state index contributed by atoms with van der Waals surface area (Å²) in [5.41, 5.74) is 0.956. The number of rotatable bonds is 6. The van der Waals surface area contributed by atoms with Gasteiger partial charge in [-0.1, -0.05) is 12.1 Å². The van der Waals surface area contributed by atoms with Crippen LogP contribution in [0.3, 0.4) is 0 Å². The molecule has 7 heteroatoms. The summed E-state index contributed by atoms with van der Waals surface area (Å²) < 4.78 is 5.48. The predicted molar refractivity (Wildman–Crippen MR) is 110 cm³/mol. The van der Waals surface area contributed by atoms with Crippen LogP contribution in [-0.4, -0.2) is 66.1 Å². The van der Waals surface area contributed by atoms with E-state index >= 15 is 0 Å². The summed E-state index contributed by atoms with van der Waals surface area (Å²) in [5, 5.41) is 5.45. The predicted octanol–water partition coefficient (Wildman–Crippen LogP) is 2.30. The van der Waals surface area contributed by atoms with Crippen molar-refractivity contribution < 1.29 is 9.53 Å². The molecule has 0 aliphatic carbocycles. The summed E-state index contributed by atoms with van der Waals surface area (Å²) in [5.74, 6) is 0.0895. The van der Waals surface area contributed by atoms with Gasteiger partial charge in [-0.15, -0.1) is 11.3 Å². The summed E-state index contributed by atoms with van der Waals surface area (Å²) in [6.45, 7) is 5.95. The molecule has 0 spiro atoms. The van der Waals surface area contributed by atoms with E-state index in [0.717, 1.165) is 51.1 Å². The first-order valence-electron chi connectivity index (χ1n) is 10.1. The summed E-state index contributed by atoms with van der Waals surface area (Å²) in [6, 6.07) is 8.15. The van der Waals surface area contributed by atoms with E-state index in [2.05, 4.69) is 37.6 Å². The number of nitrogens with zero attached hydrogens (tertiary/aromatic N) is 3. The largest absolute Gasteiger partial charge is 0.379 e. The molecule has 2 aromatic rings. The maximum absolute atomic E-state index is 13.2. The van der Waals surface area contributed by atoms with Crippen LogP contribution < -0.4 is 5.32 Å². The Morgan fingerprint density at radius 2 is 2.04 bits per heavy atom. The molecule has 2 fully saturated rings. The van der Waals surface area contributed by atoms with Crippen LogP contribution >= 0.6 is 11.3 Å². The molecule has 4 heterocycles. The van der Waals surface area contributed by atoms with Crippen molar-refractivity contribution in [2.75, 3.05) is 39.4 Å². The van der Waals surface area contributed by atoms with Gasteiger partial charge in [-0.05, 0) is 35.9 Å². The van der Waals surface area contributed by atoms with Gasteiger partial charge < -0.3 is 10.1 Å². The van der Waals surface area contributed by atoms with Crippen LogP contribution in [0, 0.1) is 0 Å². The molecule has 1 atom stereocenters. The van der Waals surface area contributed by atoms with Crippen LogP contribution in [0.25, 0.3) is 0 Å². The number of carbonyl (C=O) groups excluding carboxylic acids is 1. The average Bonchev–Trinajstić information content (AvgIpc) is 3.24. The number of hydrogen-bond donors (Lipinski definition) is 1. The van der Waals surface area contributed by atoms with Gasteiger partial charge in [-0.3, -0.25) is 19.6 Å². The monoisotopic (exact) mass is 400 g/mol. The third-order valence-electron chi connectivity index (χ3n) is 5.55. The second kappa shape index (κ2) is 9.60. The second-order valence-electron chi connectivity index (χ2n) is 7.48. The molecule has 2 saturated heterocycles. The van der Waals surface area contributed by atoms with E-state index in [9.17, 15) is 4.79 Å². The molecule has 0 aromatic carbocycles. The van der Waals surface area contributed by atoms with E-state index in [4.69, 9.17) is 4.74 Å². The Balaban J connectivity index is 1.35.